The van der Waals surface area contributed by atoms with Crippen molar-refractivity contribution >= 4 is 40.5 Å². The maximum Gasteiger partial charge on any atom is 0.170 e. The molecule has 1 fully saturated rings. The minimum absolute atomic E-state index is 0.0952. The molecule has 1 N–H and O–H groups in total. The van der Waals surface area contributed by atoms with Crippen LogP contribution in [0.15, 0.2) is 59.1 Å². The van der Waals surface area contributed by atoms with Gasteiger partial charge in [0.05, 0.1) is 16.8 Å². The highest BCUT2D eigenvalue weighted by Gasteiger charge is 2.41. The van der Waals surface area contributed by atoms with Crippen LogP contribution in [0.5, 0.6) is 0 Å². The summed E-state index contributed by atoms with van der Waals surface area (Å²) in [6, 6.07) is 15.0. The topological polar surface area (TPSA) is 41.3 Å². The lowest BCUT2D eigenvalue weighted by atomic mass is 10.0. The summed E-state index contributed by atoms with van der Waals surface area (Å²) in [5.74, 6) is 1.96. The molecule has 2 atom stereocenters. The van der Waals surface area contributed by atoms with Crippen molar-refractivity contribution in [1.29, 1.82) is 0 Å². The van der Waals surface area contributed by atoms with E-state index < -0.39 is 0 Å². The van der Waals surface area contributed by atoms with Gasteiger partial charge >= 0.3 is 0 Å². The zero-order chi connectivity index (χ0) is 20.5. The average Bonchev–Trinajstić information content (AvgIpc) is 3.27. The van der Waals surface area contributed by atoms with Gasteiger partial charge in [-0.3, -0.25) is 4.98 Å². The largest absolute Gasteiger partial charge is 0.459 e. The molecule has 0 unspecified atom stereocenters. The van der Waals surface area contributed by atoms with Gasteiger partial charge in [-0.1, -0.05) is 43.1 Å². The van der Waals surface area contributed by atoms with Gasteiger partial charge < -0.3 is 14.6 Å². The maximum absolute atomic E-state index is 6.38. The summed E-state index contributed by atoms with van der Waals surface area (Å²) in [6.45, 7) is 5.17. The molecule has 3 heterocycles. The average molecular weight is 446 g/mol. The first-order chi connectivity index (χ1) is 13.9. The second kappa shape index (κ2) is 8.34. The van der Waals surface area contributed by atoms with Gasteiger partial charge in [-0.15, -0.1) is 0 Å². The predicted molar refractivity (Wildman–Crippen MR) is 121 cm³/mol. The number of hydrogen-bond acceptors (Lipinski definition) is 3. The van der Waals surface area contributed by atoms with Crippen molar-refractivity contribution < 1.29 is 4.42 Å². The zero-order valence-electron chi connectivity index (χ0n) is 16.1. The van der Waals surface area contributed by atoms with Gasteiger partial charge in [0.25, 0.3) is 0 Å². The standard InChI is InChI=1S/C22H21Cl2N3OS/c1-13(2)12-27-21(20(26-22(27)29)17-5-3-4-10-25-17)19-9-8-18(28-19)15-7-6-14(23)11-16(15)24/h3-11,13,20-21H,12H2,1-2H3,(H,26,29)/t20-,21-/m1/s1. The van der Waals surface area contributed by atoms with Crippen LogP contribution < -0.4 is 5.32 Å². The lowest BCUT2D eigenvalue weighted by molar-refractivity contribution is 0.253. The lowest BCUT2D eigenvalue weighted by Gasteiger charge is -2.27. The van der Waals surface area contributed by atoms with Gasteiger partial charge in [-0.25, -0.2) is 0 Å². The number of benzene rings is 1. The van der Waals surface area contributed by atoms with Gasteiger partial charge in [0.2, 0.25) is 0 Å². The Morgan fingerprint density at radius 2 is 2.00 bits per heavy atom. The Hall–Kier alpha value is -2.08. The molecule has 1 saturated heterocycles. The van der Waals surface area contributed by atoms with E-state index in [1.165, 1.54) is 0 Å². The van der Waals surface area contributed by atoms with Crippen molar-refractivity contribution in [2.75, 3.05) is 6.54 Å². The zero-order valence-corrected chi connectivity index (χ0v) is 18.4. The third-order valence-corrected chi connectivity index (χ3v) is 5.77. The van der Waals surface area contributed by atoms with Crippen LogP contribution >= 0.6 is 35.4 Å². The smallest absolute Gasteiger partial charge is 0.170 e. The quantitative estimate of drug-likeness (QED) is 0.468. The second-order valence-electron chi connectivity index (χ2n) is 7.50. The molecule has 1 aromatic carbocycles. The normalized spacial score (nSPS) is 19.1. The third kappa shape index (κ3) is 4.13. The van der Waals surface area contributed by atoms with Gasteiger partial charge in [0.15, 0.2) is 5.11 Å². The van der Waals surface area contributed by atoms with Gasteiger partial charge in [-0.05, 0) is 60.6 Å². The Balaban J connectivity index is 1.74. The highest BCUT2D eigenvalue weighted by atomic mass is 35.5. The fourth-order valence-electron chi connectivity index (χ4n) is 3.65. The fourth-order valence-corrected chi connectivity index (χ4v) is 4.47. The summed E-state index contributed by atoms with van der Waals surface area (Å²) in [5, 5.41) is 5.29. The van der Waals surface area contributed by atoms with Crippen LogP contribution in [-0.4, -0.2) is 21.5 Å². The number of nitrogens with one attached hydrogen (secondary N) is 1. The first kappa shape index (κ1) is 20.2. The molecule has 4 nitrogen and oxygen atoms in total. The van der Waals surface area contributed by atoms with E-state index in [9.17, 15) is 0 Å². The van der Waals surface area contributed by atoms with Crippen molar-refractivity contribution in [3.63, 3.8) is 0 Å². The highest BCUT2D eigenvalue weighted by Crippen LogP contribution is 2.41. The van der Waals surface area contributed by atoms with Crippen molar-refractivity contribution in [1.82, 2.24) is 15.2 Å². The molecule has 0 radical (unpaired) electrons. The summed E-state index contributed by atoms with van der Waals surface area (Å²) in [6.07, 6.45) is 1.79. The number of pyridine rings is 1. The molecule has 3 aromatic rings. The Morgan fingerprint density at radius 3 is 2.69 bits per heavy atom. The van der Waals surface area contributed by atoms with Gasteiger partial charge in [0.1, 0.15) is 17.6 Å². The van der Waals surface area contributed by atoms with Crippen molar-refractivity contribution in [3.8, 4) is 11.3 Å². The van der Waals surface area contributed by atoms with Crippen LogP contribution in [0.3, 0.4) is 0 Å². The van der Waals surface area contributed by atoms with Gasteiger partial charge in [0, 0.05) is 23.3 Å². The van der Waals surface area contributed by atoms with Crippen LogP contribution in [0, 0.1) is 5.92 Å². The number of aromatic nitrogens is 1. The van der Waals surface area contributed by atoms with Crippen LogP contribution in [0.25, 0.3) is 11.3 Å². The molecule has 4 rings (SSSR count). The molecule has 0 saturated carbocycles. The third-order valence-electron chi connectivity index (χ3n) is 4.87. The molecule has 0 spiro atoms. The van der Waals surface area contributed by atoms with Crippen LogP contribution in [0.4, 0.5) is 0 Å². The summed E-state index contributed by atoms with van der Waals surface area (Å²) in [5.41, 5.74) is 1.73. The Labute approximate surface area is 185 Å². The van der Waals surface area contributed by atoms with E-state index in [1.54, 1.807) is 18.3 Å². The fraction of sp³-hybridized carbons (Fsp3) is 0.273. The summed E-state index contributed by atoms with van der Waals surface area (Å²) >= 11 is 18.1. The number of furan rings is 1. The summed E-state index contributed by atoms with van der Waals surface area (Å²) < 4.78 is 6.29. The minimum atomic E-state index is -0.0976. The predicted octanol–water partition coefficient (Wildman–Crippen LogP) is 6.28. The molecular weight excluding hydrogens is 425 g/mol. The highest BCUT2D eigenvalue weighted by molar-refractivity contribution is 7.80. The second-order valence-corrected chi connectivity index (χ2v) is 8.73. The molecule has 0 bridgehead atoms. The van der Waals surface area contributed by atoms with Crippen molar-refractivity contribution in [3.05, 3.63) is 76.2 Å². The minimum Gasteiger partial charge on any atom is -0.459 e. The van der Waals surface area contributed by atoms with E-state index in [-0.39, 0.29) is 12.1 Å². The molecule has 150 valence electrons. The van der Waals surface area contributed by atoms with E-state index in [0.717, 1.165) is 23.6 Å². The van der Waals surface area contributed by atoms with E-state index in [4.69, 9.17) is 39.8 Å². The Bertz CT molecular complexity index is 1020. The van der Waals surface area contributed by atoms with Crippen LogP contribution in [0.2, 0.25) is 10.0 Å². The molecule has 2 aromatic heterocycles. The molecule has 0 amide bonds. The molecule has 1 aliphatic rings. The Kier molecular flexibility index (Phi) is 5.81. The first-order valence-corrected chi connectivity index (χ1v) is 10.6. The SMILES string of the molecule is CC(C)CN1C(=S)N[C@H](c2ccccn2)[C@H]1c1ccc(-c2ccc(Cl)cc2Cl)o1. The number of hydrogen-bond donors (Lipinski definition) is 1. The summed E-state index contributed by atoms with van der Waals surface area (Å²) in [7, 11) is 0. The molecule has 29 heavy (non-hydrogen) atoms. The first-order valence-electron chi connectivity index (χ1n) is 9.47. The number of halogens is 2. The molecule has 1 aliphatic heterocycles. The Morgan fingerprint density at radius 1 is 1.17 bits per heavy atom. The maximum atomic E-state index is 6.38. The number of thiocarbonyl (C=S) groups is 1. The van der Waals surface area contributed by atoms with Crippen molar-refractivity contribution in [2.45, 2.75) is 25.9 Å². The van der Waals surface area contributed by atoms with E-state index in [2.05, 4.69) is 29.0 Å². The van der Waals surface area contributed by atoms with Crippen LogP contribution in [-0.2, 0) is 0 Å². The molecule has 0 aliphatic carbocycles. The molecule has 7 heteroatoms. The summed E-state index contributed by atoms with van der Waals surface area (Å²) in [4.78, 5) is 6.73. The van der Waals surface area contributed by atoms with Crippen LogP contribution in [0.1, 0.15) is 37.4 Å². The number of nitrogens with zero attached hydrogens (tertiary/aromatic N) is 2. The lowest BCUT2D eigenvalue weighted by Crippen LogP contribution is -2.32. The molecular formula is C22H21Cl2N3OS. The van der Waals surface area contributed by atoms with E-state index >= 15 is 0 Å². The number of rotatable bonds is 5. The van der Waals surface area contributed by atoms with E-state index in [1.807, 2.05) is 36.4 Å². The van der Waals surface area contributed by atoms with E-state index in [0.29, 0.717) is 26.8 Å². The van der Waals surface area contributed by atoms with Gasteiger partial charge in [-0.2, -0.15) is 0 Å². The monoisotopic (exact) mass is 445 g/mol. The van der Waals surface area contributed by atoms with Crippen molar-refractivity contribution in [2.24, 2.45) is 5.92 Å².